The highest BCUT2D eigenvalue weighted by Gasteiger charge is 2.06. The van der Waals surface area contributed by atoms with Crippen LogP contribution in [0.5, 0.6) is 0 Å². The summed E-state index contributed by atoms with van der Waals surface area (Å²) in [7, 11) is 0. The molecule has 4 nitrogen and oxygen atoms in total. The van der Waals surface area contributed by atoms with E-state index in [1.165, 1.54) is 0 Å². The van der Waals surface area contributed by atoms with Crippen molar-refractivity contribution in [2.45, 2.75) is 19.9 Å². The first kappa shape index (κ1) is 18.0. The molecule has 132 valence electrons. The molecule has 1 heterocycles. The molecule has 0 atom stereocenters. The van der Waals surface area contributed by atoms with Gasteiger partial charge in [0, 0.05) is 11.6 Å². The lowest BCUT2D eigenvalue weighted by molar-refractivity contribution is -0.115. The first-order valence-corrected chi connectivity index (χ1v) is 8.77. The summed E-state index contributed by atoms with van der Waals surface area (Å²) in [5.74, 6) is 0.666. The predicted octanol–water partition coefficient (Wildman–Crippen LogP) is 4.84. The summed E-state index contributed by atoms with van der Waals surface area (Å²) in [5, 5.41) is 6.82. The lowest BCUT2D eigenvalue weighted by atomic mass is 10.1. The maximum atomic E-state index is 12.2. The van der Waals surface area contributed by atoms with Gasteiger partial charge >= 0.3 is 0 Å². The minimum Gasteiger partial charge on any atom is -0.366 e. The number of hydrogen-bond donors (Lipinski definition) is 2. The molecule has 0 aliphatic rings. The van der Waals surface area contributed by atoms with E-state index in [1.54, 1.807) is 6.20 Å². The van der Waals surface area contributed by atoms with E-state index in [-0.39, 0.29) is 5.91 Å². The van der Waals surface area contributed by atoms with Crippen LogP contribution in [0.2, 0.25) is 5.02 Å². The van der Waals surface area contributed by atoms with Crippen LogP contribution in [0.3, 0.4) is 0 Å². The molecule has 0 aliphatic heterocycles. The van der Waals surface area contributed by atoms with Gasteiger partial charge in [-0.25, -0.2) is 4.98 Å². The third-order valence-electron chi connectivity index (χ3n) is 4.08. The first-order valence-electron chi connectivity index (χ1n) is 8.39. The topological polar surface area (TPSA) is 54.0 Å². The molecule has 26 heavy (non-hydrogen) atoms. The van der Waals surface area contributed by atoms with Crippen LogP contribution in [0.25, 0.3) is 0 Å². The number of aryl methyl sites for hydroxylation is 1. The predicted molar refractivity (Wildman–Crippen MR) is 107 cm³/mol. The van der Waals surface area contributed by atoms with Crippen molar-refractivity contribution in [3.63, 3.8) is 0 Å². The zero-order chi connectivity index (χ0) is 18.4. The molecule has 5 heteroatoms. The van der Waals surface area contributed by atoms with Crippen LogP contribution in [0.15, 0.2) is 66.9 Å². The number of carbonyl (C=O) groups excluding carboxylic acids is 1. The number of carbonyl (C=O) groups is 1. The summed E-state index contributed by atoms with van der Waals surface area (Å²) in [4.78, 5) is 16.5. The van der Waals surface area contributed by atoms with Gasteiger partial charge in [-0.1, -0.05) is 54.1 Å². The Morgan fingerprint density at radius 2 is 1.73 bits per heavy atom. The van der Waals surface area contributed by atoms with E-state index in [4.69, 9.17) is 11.6 Å². The summed E-state index contributed by atoms with van der Waals surface area (Å²) in [6.45, 7) is 2.59. The second-order valence-corrected chi connectivity index (χ2v) is 6.44. The number of halogens is 1. The third-order valence-corrected chi connectivity index (χ3v) is 4.45. The molecule has 0 fully saturated rings. The van der Waals surface area contributed by atoms with Crippen LogP contribution in [0.4, 0.5) is 11.5 Å². The molecular formula is C21H20ClN3O. The Balaban J connectivity index is 1.55. The third kappa shape index (κ3) is 4.83. The van der Waals surface area contributed by atoms with Gasteiger partial charge in [0.2, 0.25) is 5.91 Å². The zero-order valence-electron chi connectivity index (χ0n) is 14.5. The first-order chi connectivity index (χ1) is 12.6. The normalized spacial score (nSPS) is 10.4. The molecule has 3 aromatic rings. The fourth-order valence-electron chi connectivity index (χ4n) is 2.59. The number of benzene rings is 2. The van der Waals surface area contributed by atoms with Gasteiger partial charge in [-0.15, -0.1) is 0 Å². The van der Waals surface area contributed by atoms with E-state index in [9.17, 15) is 4.79 Å². The van der Waals surface area contributed by atoms with Crippen LogP contribution in [-0.2, 0) is 17.8 Å². The van der Waals surface area contributed by atoms with Crippen molar-refractivity contribution in [3.8, 4) is 0 Å². The van der Waals surface area contributed by atoms with Crippen LogP contribution in [0.1, 0.15) is 16.7 Å². The van der Waals surface area contributed by atoms with E-state index in [0.29, 0.717) is 18.7 Å². The summed E-state index contributed by atoms with van der Waals surface area (Å²) in [6, 6.07) is 19.2. The number of rotatable bonds is 6. The lowest BCUT2D eigenvalue weighted by Crippen LogP contribution is -2.15. The van der Waals surface area contributed by atoms with Crippen molar-refractivity contribution in [3.05, 3.63) is 88.6 Å². The largest absolute Gasteiger partial charge is 0.366 e. The van der Waals surface area contributed by atoms with Gasteiger partial charge in [0.25, 0.3) is 0 Å². The van der Waals surface area contributed by atoms with Gasteiger partial charge in [-0.2, -0.15) is 0 Å². The Bertz CT molecular complexity index is 894. The van der Waals surface area contributed by atoms with Crippen molar-refractivity contribution in [1.82, 2.24) is 4.98 Å². The fourth-order valence-corrected chi connectivity index (χ4v) is 2.79. The Hall–Kier alpha value is -2.85. The van der Waals surface area contributed by atoms with E-state index in [0.717, 1.165) is 27.5 Å². The lowest BCUT2D eigenvalue weighted by Gasteiger charge is -2.09. The minimum absolute atomic E-state index is 0.0575. The van der Waals surface area contributed by atoms with Gasteiger partial charge in [0.15, 0.2) is 0 Å². The molecule has 0 radical (unpaired) electrons. The second kappa shape index (κ2) is 8.50. The molecule has 2 N–H and O–H groups in total. The van der Waals surface area contributed by atoms with Crippen molar-refractivity contribution in [2.24, 2.45) is 0 Å². The maximum absolute atomic E-state index is 12.2. The Morgan fingerprint density at radius 3 is 2.42 bits per heavy atom. The highest BCUT2D eigenvalue weighted by molar-refractivity contribution is 6.31. The molecule has 0 unspecified atom stereocenters. The fraction of sp³-hybridized carbons (Fsp3) is 0.143. The number of nitrogens with zero attached hydrogens (tertiary/aromatic N) is 1. The molecule has 0 aliphatic carbocycles. The number of aromatic nitrogens is 1. The van der Waals surface area contributed by atoms with Crippen molar-refractivity contribution in [2.75, 3.05) is 10.6 Å². The Labute approximate surface area is 158 Å². The van der Waals surface area contributed by atoms with E-state index < -0.39 is 0 Å². The molecule has 2 aromatic carbocycles. The quantitative estimate of drug-likeness (QED) is 0.657. The van der Waals surface area contributed by atoms with Crippen molar-refractivity contribution < 1.29 is 4.79 Å². The number of amides is 1. The van der Waals surface area contributed by atoms with Gasteiger partial charge in [0.05, 0.1) is 18.3 Å². The number of pyridine rings is 1. The average Bonchev–Trinajstić information content (AvgIpc) is 2.64. The van der Waals surface area contributed by atoms with E-state index >= 15 is 0 Å². The summed E-state index contributed by atoms with van der Waals surface area (Å²) >= 11 is 6.14. The standard InChI is InChI=1S/C21H20ClN3O/c1-15-6-2-3-7-16(15)12-21(26)25-18-10-11-20(24-14-18)23-13-17-8-4-5-9-19(17)22/h2-11,14H,12-13H2,1H3,(H,23,24)(H,25,26). The van der Waals surface area contributed by atoms with Crippen molar-refractivity contribution in [1.29, 1.82) is 0 Å². The van der Waals surface area contributed by atoms with Crippen LogP contribution < -0.4 is 10.6 Å². The zero-order valence-corrected chi connectivity index (χ0v) is 15.3. The molecule has 0 saturated heterocycles. The van der Waals surface area contributed by atoms with Gasteiger partial charge < -0.3 is 10.6 Å². The molecule has 1 aromatic heterocycles. The second-order valence-electron chi connectivity index (χ2n) is 6.03. The Morgan fingerprint density at radius 1 is 1.00 bits per heavy atom. The van der Waals surface area contributed by atoms with Gasteiger partial charge in [-0.05, 0) is 41.8 Å². The molecule has 1 amide bonds. The highest BCUT2D eigenvalue weighted by Crippen LogP contribution is 2.17. The monoisotopic (exact) mass is 365 g/mol. The molecule has 0 spiro atoms. The van der Waals surface area contributed by atoms with Crippen LogP contribution in [-0.4, -0.2) is 10.9 Å². The SMILES string of the molecule is Cc1ccccc1CC(=O)Nc1ccc(NCc2ccccc2Cl)nc1. The minimum atomic E-state index is -0.0575. The number of hydrogen-bond acceptors (Lipinski definition) is 3. The van der Waals surface area contributed by atoms with Crippen LogP contribution in [0, 0.1) is 6.92 Å². The highest BCUT2D eigenvalue weighted by atomic mass is 35.5. The Kier molecular flexibility index (Phi) is 5.87. The van der Waals surface area contributed by atoms with Gasteiger partial charge in [0.1, 0.15) is 5.82 Å². The smallest absolute Gasteiger partial charge is 0.228 e. The maximum Gasteiger partial charge on any atom is 0.228 e. The van der Waals surface area contributed by atoms with Crippen molar-refractivity contribution >= 4 is 29.0 Å². The molecule has 0 bridgehead atoms. The molecule has 3 rings (SSSR count). The average molecular weight is 366 g/mol. The number of anilines is 2. The molecular weight excluding hydrogens is 346 g/mol. The van der Waals surface area contributed by atoms with E-state index in [2.05, 4.69) is 15.6 Å². The summed E-state index contributed by atoms with van der Waals surface area (Å²) in [6.07, 6.45) is 1.99. The van der Waals surface area contributed by atoms with E-state index in [1.807, 2.05) is 67.6 Å². The number of nitrogens with one attached hydrogen (secondary N) is 2. The molecule has 0 saturated carbocycles. The summed E-state index contributed by atoms with van der Waals surface area (Å²) in [5.41, 5.74) is 3.81. The summed E-state index contributed by atoms with van der Waals surface area (Å²) < 4.78 is 0. The van der Waals surface area contributed by atoms with Gasteiger partial charge in [-0.3, -0.25) is 4.79 Å². The van der Waals surface area contributed by atoms with Crippen LogP contribution >= 0.6 is 11.6 Å².